The lowest BCUT2D eigenvalue weighted by molar-refractivity contribution is -0.127. The molecule has 1 amide bonds. The summed E-state index contributed by atoms with van der Waals surface area (Å²) < 4.78 is 12.8. The van der Waals surface area contributed by atoms with Crippen LogP contribution in [0.15, 0.2) is 18.3 Å². The Kier molecular flexibility index (Phi) is 4.47. The fraction of sp³-hybridized carbons (Fsp3) is 0.571. The third-order valence-corrected chi connectivity index (χ3v) is 3.39. The molecule has 0 spiro atoms. The third kappa shape index (κ3) is 3.73. The third-order valence-electron chi connectivity index (χ3n) is 3.39. The molecule has 19 heavy (non-hydrogen) atoms. The Morgan fingerprint density at radius 3 is 2.84 bits per heavy atom. The van der Waals surface area contributed by atoms with E-state index in [-0.39, 0.29) is 23.8 Å². The lowest BCUT2D eigenvalue weighted by Crippen LogP contribution is -2.40. The summed E-state index contributed by atoms with van der Waals surface area (Å²) in [6.45, 7) is 5.60. The molecule has 0 saturated carbocycles. The molecule has 1 aromatic rings. The maximum Gasteiger partial charge on any atom is 0.222 e. The van der Waals surface area contributed by atoms with Crippen LogP contribution in [-0.2, 0) is 4.79 Å². The molecule has 0 aromatic carbocycles. The number of halogens is 1. The van der Waals surface area contributed by atoms with Gasteiger partial charge in [0, 0.05) is 31.6 Å². The Balaban J connectivity index is 1.85. The predicted molar refractivity (Wildman–Crippen MR) is 71.0 cm³/mol. The van der Waals surface area contributed by atoms with Gasteiger partial charge in [-0.2, -0.15) is 0 Å². The zero-order valence-electron chi connectivity index (χ0n) is 11.4. The molecule has 104 valence electrons. The van der Waals surface area contributed by atoms with Crippen LogP contribution in [0.25, 0.3) is 0 Å². The van der Waals surface area contributed by atoms with Crippen LogP contribution in [0.1, 0.15) is 38.4 Å². The summed E-state index contributed by atoms with van der Waals surface area (Å²) in [6.07, 6.45) is 2.85. The van der Waals surface area contributed by atoms with Crippen molar-refractivity contribution in [2.24, 2.45) is 0 Å². The van der Waals surface area contributed by atoms with Crippen LogP contribution in [0.2, 0.25) is 0 Å². The van der Waals surface area contributed by atoms with E-state index in [0.29, 0.717) is 13.0 Å². The fourth-order valence-corrected chi connectivity index (χ4v) is 2.44. The molecule has 1 fully saturated rings. The van der Waals surface area contributed by atoms with Gasteiger partial charge < -0.3 is 10.2 Å². The minimum Gasteiger partial charge on any atom is -0.341 e. The smallest absolute Gasteiger partial charge is 0.222 e. The van der Waals surface area contributed by atoms with Gasteiger partial charge in [0.25, 0.3) is 0 Å². The molecular weight excluding hydrogens is 245 g/mol. The first kappa shape index (κ1) is 13.9. The second-order valence-electron chi connectivity index (χ2n) is 5.13. The number of rotatable bonds is 5. The van der Waals surface area contributed by atoms with Crippen LogP contribution < -0.4 is 5.32 Å². The molecule has 2 unspecified atom stereocenters. The summed E-state index contributed by atoms with van der Waals surface area (Å²) in [5, 5.41) is 3.38. The molecule has 0 radical (unpaired) electrons. The molecule has 2 rings (SSSR count). The van der Waals surface area contributed by atoms with E-state index in [4.69, 9.17) is 0 Å². The van der Waals surface area contributed by atoms with Crippen molar-refractivity contribution in [3.8, 4) is 0 Å². The summed E-state index contributed by atoms with van der Waals surface area (Å²) in [6, 6.07) is 3.31. The summed E-state index contributed by atoms with van der Waals surface area (Å²) >= 11 is 0. The van der Waals surface area contributed by atoms with E-state index in [1.165, 1.54) is 12.3 Å². The molecule has 1 saturated heterocycles. The normalized spacial score (nSPS) is 18.7. The highest BCUT2D eigenvalue weighted by atomic mass is 19.1. The van der Waals surface area contributed by atoms with Gasteiger partial charge >= 0.3 is 0 Å². The van der Waals surface area contributed by atoms with Gasteiger partial charge in [0.05, 0.1) is 11.9 Å². The number of carbonyl (C=O) groups is 1. The number of aromatic nitrogens is 1. The number of carbonyl (C=O) groups excluding carboxylic acids is 1. The molecule has 4 nitrogen and oxygen atoms in total. The molecule has 1 N–H and O–H groups in total. The van der Waals surface area contributed by atoms with Gasteiger partial charge in [-0.25, -0.2) is 4.39 Å². The van der Waals surface area contributed by atoms with Crippen molar-refractivity contribution >= 4 is 5.91 Å². The fourth-order valence-electron chi connectivity index (χ4n) is 2.44. The van der Waals surface area contributed by atoms with Gasteiger partial charge in [-0.3, -0.25) is 9.78 Å². The standard InChI is InChI=1S/C14H20FN3O/c1-10(9-18-7-3-4-14(18)19)17-11(2)13-6-5-12(15)8-16-13/h5-6,8,10-11,17H,3-4,7,9H2,1-2H3. The van der Waals surface area contributed by atoms with E-state index < -0.39 is 0 Å². The molecule has 1 aliphatic heterocycles. The molecule has 1 aliphatic rings. The highest BCUT2D eigenvalue weighted by molar-refractivity contribution is 5.78. The van der Waals surface area contributed by atoms with Crippen molar-refractivity contribution in [2.45, 2.75) is 38.8 Å². The molecular formula is C14H20FN3O. The van der Waals surface area contributed by atoms with Crippen molar-refractivity contribution in [1.82, 2.24) is 15.2 Å². The van der Waals surface area contributed by atoms with Gasteiger partial charge in [0.15, 0.2) is 0 Å². The van der Waals surface area contributed by atoms with E-state index in [1.807, 2.05) is 18.7 Å². The van der Waals surface area contributed by atoms with Gasteiger partial charge in [0.2, 0.25) is 5.91 Å². The Hall–Kier alpha value is -1.49. The lowest BCUT2D eigenvalue weighted by atomic mass is 10.2. The minimum atomic E-state index is -0.327. The van der Waals surface area contributed by atoms with Gasteiger partial charge in [-0.15, -0.1) is 0 Å². The molecule has 0 aliphatic carbocycles. The van der Waals surface area contributed by atoms with E-state index >= 15 is 0 Å². The molecule has 2 heterocycles. The van der Waals surface area contributed by atoms with Crippen molar-refractivity contribution < 1.29 is 9.18 Å². The zero-order valence-corrected chi connectivity index (χ0v) is 11.4. The molecule has 5 heteroatoms. The van der Waals surface area contributed by atoms with E-state index in [9.17, 15) is 9.18 Å². The summed E-state index contributed by atoms with van der Waals surface area (Å²) in [5.41, 5.74) is 0.806. The number of amides is 1. The summed E-state index contributed by atoms with van der Waals surface area (Å²) in [7, 11) is 0. The number of nitrogens with zero attached hydrogens (tertiary/aromatic N) is 2. The lowest BCUT2D eigenvalue weighted by Gasteiger charge is -2.24. The van der Waals surface area contributed by atoms with Crippen LogP contribution in [0.5, 0.6) is 0 Å². The Labute approximate surface area is 113 Å². The van der Waals surface area contributed by atoms with E-state index in [2.05, 4.69) is 10.3 Å². The Bertz CT molecular complexity index is 435. The number of hydrogen-bond acceptors (Lipinski definition) is 3. The Morgan fingerprint density at radius 1 is 1.47 bits per heavy atom. The number of likely N-dealkylation sites (tertiary alicyclic amines) is 1. The average Bonchev–Trinajstić information content (AvgIpc) is 2.75. The van der Waals surface area contributed by atoms with Crippen molar-refractivity contribution in [3.05, 3.63) is 29.8 Å². The second kappa shape index (κ2) is 6.10. The van der Waals surface area contributed by atoms with Crippen molar-refractivity contribution in [2.75, 3.05) is 13.1 Å². The van der Waals surface area contributed by atoms with E-state index in [1.54, 1.807) is 6.07 Å². The highest BCUT2D eigenvalue weighted by Gasteiger charge is 2.22. The average molecular weight is 265 g/mol. The summed E-state index contributed by atoms with van der Waals surface area (Å²) in [5.74, 6) is -0.0899. The number of nitrogens with one attached hydrogen (secondary N) is 1. The van der Waals surface area contributed by atoms with Crippen LogP contribution in [0.3, 0.4) is 0 Å². The SMILES string of the molecule is CC(CN1CCCC1=O)NC(C)c1ccc(F)cn1. The van der Waals surface area contributed by atoms with Gasteiger partial charge in [0.1, 0.15) is 5.82 Å². The van der Waals surface area contributed by atoms with E-state index in [0.717, 1.165) is 18.7 Å². The molecule has 0 bridgehead atoms. The predicted octanol–water partition coefficient (Wildman–Crippen LogP) is 1.88. The zero-order chi connectivity index (χ0) is 13.8. The molecule has 2 atom stereocenters. The molecule has 1 aromatic heterocycles. The van der Waals surface area contributed by atoms with Crippen LogP contribution in [-0.4, -0.2) is 34.9 Å². The maximum absolute atomic E-state index is 12.8. The quantitative estimate of drug-likeness (QED) is 0.884. The first-order chi connectivity index (χ1) is 9.06. The van der Waals surface area contributed by atoms with Crippen molar-refractivity contribution in [3.63, 3.8) is 0 Å². The second-order valence-corrected chi connectivity index (χ2v) is 5.13. The maximum atomic E-state index is 12.8. The minimum absolute atomic E-state index is 0.0355. The van der Waals surface area contributed by atoms with Crippen LogP contribution in [0, 0.1) is 5.82 Å². The van der Waals surface area contributed by atoms with Crippen molar-refractivity contribution in [1.29, 1.82) is 0 Å². The number of pyridine rings is 1. The van der Waals surface area contributed by atoms with Crippen LogP contribution in [0.4, 0.5) is 4.39 Å². The highest BCUT2D eigenvalue weighted by Crippen LogP contribution is 2.13. The first-order valence-electron chi connectivity index (χ1n) is 6.71. The Morgan fingerprint density at radius 2 is 2.26 bits per heavy atom. The summed E-state index contributed by atoms with van der Waals surface area (Å²) in [4.78, 5) is 17.5. The van der Waals surface area contributed by atoms with Gasteiger partial charge in [-0.05, 0) is 32.4 Å². The first-order valence-corrected chi connectivity index (χ1v) is 6.71. The number of hydrogen-bond donors (Lipinski definition) is 1. The monoisotopic (exact) mass is 265 g/mol. The van der Waals surface area contributed by atoms with Crippen LogP contribution >= 0.6 is 0 Å². The topological polar surface area (TPSA) is 45.2 Å². The van der Waals surface area contributed by atoms with Gasteiger partial charge in [-0.1, -0.05) is 0 Å². The largest absolute Gasteiger partial charge is 0.341 e.